The summed E-state index contributed by atoms with van der Waals surface area (Å²) in [6.45, 7) is 2.18. The number of nitrogens with one attached hydrogen (secondary N) is 1. The van der Waals surface area contributed by atoms with E-state index in [1.54, 1.807) is 18.2 Å². The topological polar surface area (TPSA) is 87.5 Å². The number of aromatic nitrogens is 2. The molecule has 0 atom stereocenters. The van der Waals surface area contributed by atoms with Crippen LogP contribution in [0.5, 0.6) is 0 Å². The number of imidazole rings is 1. The van der Waals surface area contributed by atoms with Crippen LogP contribution in [0.3, 0.4) is 0 Å². The van der Waals surface area contributed by atoms with Crippen LogP contribution in [0.4, 0.5) is 0 Å². The van der Waals surface area contributed by atoms with E-state index in [-0.39, 0.29) is 10.8 Å². The lowest BCUT2D eigenvalue weighted by Gasteiger charge is -2.17. The highest BCUT2D eigenvalue weighted by Gasteiger charge is 2.19. The molecule has 0 aliphatic carbocycles. The molecular weight excluding hydrogens is 426 g/mol. The van der Waals surface area contributed by atoms with Crippen molar-refractivity contribution in [3.63, 3.8) is 0 Å². The Labute approximate surface area is 189 Å². The van der Waals surface area contributed by atoms with Crippen LogP contribution in [0.2, 0.25) is 0 Å². The predicted molar refractivity (Wildman–Crippen MR) is 126 cm³/mol. The zero-order valence-corrected chi connectivity index (χ0v) is 19.9. The molecule has 0 fully saturated rings. The van der Waals surface area contributed by atoms with Crippen molar-refractivity contribution in [2.24, 2.45) is 7.05 Å². The molecule has 1 amide bonds. The minimum atomic E-state index is -3.52. The minimum absolute atomic E-state index is 0.0268. The minimum Gasteiger partial charge on any atom is -0.355 e. The summed E-state index contributed by atoms with van der Waals surface area (Å²) in [6, 6.07) is 15.1. The molecule has 9 heteroatoms. The zero-order valence-electron chi connectivity index (χ0n) is 19.1. The molecular formula is C23H31N5O3S. The van der Waals surface area contributed by atoms with Crippen molar-refractivity contribution >= 4 is 27.0 Å². The molecule has 3 aromatic rings. The van der Waals surface area contributed by atoms with E-state index in [2.05, 4.69) is 27.3 Å². The first kappa shape index (κ1) is 23.9. The first-order valence-corrected chi connectivity index (χ1v) is 12.0. The van der Waals surface area contributed by atoms with Crippen LogP contribution in [0.1, 0.15) is 17.8 Å². The highest BCUT2D eigenvalue weighted by molar-refractivity contribution is 7.89. The second kappa shape index (κ2) is 10.2. The number of benzene rings is 2. The van der Waals surface area contributed by atoms with Crippen molar-refractivity contribution < 1.29 is 13.2 Å². The number of carbonyl (C=O) groups is 1. The summed E-state index contributed by atoms with van der Waals surface area (Å²) in [5.41, 5.74) is 2.68. The highest BCUT2D eigenvalue weighted by Crippen LogP contribution is 2.21. The second-order valence-corrected chi connectivity index (χ2v) is 10.3. The van der Waals surface area contributed by atoms with Gasteiger partial charge in [0, 0.05) is 53.6 Å². The maximum atomic E-state index is 12.4. The van der Waals surface area contributed by atoms with Gasteiger partial charge in [-0.25, -0.2) is 17.7 Å². The number of hydrogen-bond donors (Lipinski definition) is 1. The lowest BCUT2D eigenvalue weighted by Crippen LogP contribution is -2.33. The molecule has 0 bridgehead atoms. The fraction of sp³-hybridized carbons (Fsp3) is 0.391. The summed E-state index contributed by atoms with van der Waals surface area (Å²) in [4.78, 5) is 19.2. The molecule has 0 radical (unpaired) electrons. The Morgan fingerprint density at radius 2 is 1.81 bits per heavy atom. The third-order valence-corrected chi connectivity index (χ3v) is 7.22. The second-order valence-electron chi connectivity index (χ2n) is 8.10. The van der Waals surface area contributed by atoms with Crippen molar-refractivity contribution in [3.8, 4) is 0 Å². The van der Waals surface area contributed by atoms with Crippen LogP contribution in [-0.4, -0.2) is 67.3 Å². The Hall–Kier alpha value is -2.75. The predicted octanol–water partition coefficient (Wildman–Crippen LogP) is 2.00. The van der Waals surface area contributed by atoms with Gasteiger partial charge in [-0.15, -0.1) is 0 Å². The van der Waals surface area contributed by atoms with E-state index < -0.39 is 10.0 Å². The largest absolute Gasteiger partial charge is 0.355 e. The van der Waals surface area contributed by atoms with Crippen LogP contribution in [0.15, 0.2) is 53.4 Å². The first-order chi connectivity index (χ1) is 15.2. The molecule has 1 aromatic heterocycles. The van der Waals surface area contributed by atoms with Gasteiger partial charge in [0.05, 0.1) is 15.9 Å². The van der Waals surface area contributed by atoms with Crippen molar-refractivity contribution in [1.29, 1.82) is 0 Å². The summed E-state index contributed by atoms with van der Waals surface area (Å²) in [5.74, 6) is 0.719. The molecule has 0 spiro atoms. The number of likely N-dealkylation sites (N-methyl/N-ethyl adjacent to an activating group) is 1. The van der Waals surface area contributed by atoms with Crippen LogP contribution >= 0.6 is 0 Å². The van der Waals surface area contributed by atoms with E-state index in [1.165, 1.54) is 24.0 Å². The SMILES string of the molecule is CN(CCNC(=O)CCc1nc2cc(S(=O)(=O)N(C)C)ccc2n1C)Cc1ccccc1. The molecule has 0 saturated carbocycles. The van der Waals surface area contributed by atoms with E-state index in [4.69, 9.17) is 0 Å². The van der Waals surface area contributed by atoms with Crippen molar-refractivity contribution in [1.82, 2.24) is 24.1 Å². The molecule has 1 N–H and O–H groups in total. The summed E-state index contributed by atoms with van der Waals surface area (Å²) in [5, 5.41) is 2.96. The van der Waals surface area contributed by atoms with Crippen molar-refractivity contribution in [2.75, 3.05) is 34.2 Å². The Bertz CT molecular complexity index is 1170. The average molecular weight is 458 g/mol. The molecule has 172 valence electrons. The first-order valence-electron chi connectivity index (χ1n) is 10.6. The number of aryl methyl sites for hydroxylation is 2. The molecule has 8 nitrogen and oxygen atoms in total. The Balaban J connectivity index is 1.53. The maximum absolute atomic E-state index is 12.4. The Morgan fingerprint density at radius 1 is 1.09 bits per heavy atom. The number of amides is 1. The van der Waals surface area contributed by atoms with Gasteiger partial charge in [-0.1, -0.05) is 30.3 Å². The lowest BCUT2D eigenvalue weighted by molar-refractivity contribution is -0.121. The van der Waals surface area contributed by atoms with Crippen LogP contribution in [-0.2, 0) is 34.8 Å². The maximum Gasteiger partial charge on any atom is 0.242 e. The van der Waals surface area contributed by atoms with Gasteiger partial charge in [0.15, 0.2) is 0 Å². The number of nitrogens with zero attached hydrogens (tertiary/aromatic N) is 4. The standard InChI is InChI=1S/C23H31N5O3S/c1-26(2)32(30,31)19-10-11-21-20(16-19)25-22(28(21)4)12-13-23(29)24-14-15-27(3)17-18-8-6-5-7-9-18/h5-11,16H,12-15,17H2,1-4H3,(H,24,29). The molecule has 0 aliphatic heterocycles. The van der Waals surface area contributed by atoms with Crippen molar-refractivity contribution in [3.05, 3.63) is 59.9 Å². The Kier molecular flexibility index (Phi) is 7.65. The number of carbonyl (C=O) groups excluding carboxylic acids is 1. The normalized spacial score (nSPS) is 12.1. The molecule has 0 saturated heterocycles. The number of rotatable bonds is 10. The van der Waals surface area contributed by atoms with Gasteiger partial charge in [-0.3, -0.25) is 4.79 Å². The number of sulfonamides is 1. The summed E-state index contributed by atoms with van der Waals surface area (Å²) in [7, 11) is 3.39. The molecule has 0 unspecified atom stereocenters. The number of fused-ring (bicyclic) bond motifs is 1. The fourth-order valence-electron chi connectivity index (χ4n) is 3.50. The van der Waals surface area contributed by atoms with E-state index in [9.17, 15) is 13.2 Å². The smallest absolute Gasteiger partial charge is 0.242 e. The quantitative estimate of drug-likeness (QED) is 0.503. The monoisotopic (exact) mass is 457 g/mol. The van der Waals surface area contributed by atoms with Gasteiger partial charge in [-0.2, -0.15) is 0 Å². The zero-order chi connectivity index (χ0) is 23.3. The lowest BCUT2D eigenvalue weighted by atomic mass is 10.2. The average Bonchev–Trinajstić information content (AvgIpc) is 3.08. The summed E-state index contributed by atoms with van der Waals surface area (Å²) in [6.07, 6.45) is 0.801. The van der Waals surface area contributed by atoms with E-state index >= 15 is 0 Å². The molecule has 3 rings (SSSR count). The summed E-state index contributed by atoms with van der Waals surface area (Å²) >= 11 is 0. The van der Waals surface area contributed by atoms with Gasteiger partial charge >= 0.3 is 0 Å². The van der Waals surface area contributed by atoms with Gasteiger partial charge < -0.3 is 14.8 Å². The third-order valence-electron chi connectivity index (χ3n) is 5.41. The van der Waals surface area contributed by atoms with Crippen LogP contribution in [0, 0.1) is 0 Å². The van der Waals surface area contributed by atoms with Crippen LogP contribution in [0.25, 0.3) is 11.0 Å². The van der Waals surface area contributed by atoms with Gasteiger partial charge in [0.25, 0.3) is 0 Å². The van der Waals surface area contributed by atoms with Gasteiger partial charge in [0.1, 0.15) is 5.82 Å². The molecule has 0 aliphatic rings. The van der Waals surface area contributed by atoms with Crippen molar-refractivity contribution in [2.45, 2.75) is 24.3 Å². The van der Waals surface area contributed by atoms with E-state index in [0.29, 0.717) is 24.9 Å². The number of hydrogen-bond acceptors (Lipinski definition) is 5. The summed E-state index contributed by atoms with van der Waals surface area (Å²) < 4.78 is 27.8. The van der Waals surface area contributed by atoms with E-state index in [0.717, 1.165) is 24.4 Å². The molecule has 32 heavy (non-hydrogen) atoms. The molecule has 2 aromatic carbocycles. The third kappa shape index (κ3) is 5.73. The highest BCUT2D eigenvalue weighted by atomic mass is 32.2. The van der Waals surface area contributed by atoms with Gasteiger partial charge in [-0.05, 0) is 30.8 Å². The fourth-order valence-corrected chi connectivity index (χ4v) is 4.42. The molecule has 1 heterocycles. The van der Waals surface area contributed by atoms with E-state index in [1.807, 2.05) is 36.9 Å². The van der Waals surface area contributed by atoms with Gasteiger partial charge in [0.2, 0.25) is 15.9 Å². The van der Waals surface area contributed by atoms with Crippen LogP contribution < -0.4 is 5.32 Å². The Morgan fingerprint density at radius 3 is 2.50 bits per heavy atom.